The normalized spacial score (nSPS) is 14.7. The lowest BCUT2D eigenvalue weighted by atomic mass is 9.79. The zero-order chi connectivity index (χ0) is 27.6. The van der Waals surface area contributed by atoms with Crippen molar-refractivity contribution in [1.29, 1.82) is 0 Å². The zero-order valence-corrected chi connectivity index (χ0v) is 21.8. The number of anilines is 1. The smallest absolute Gasteiger partial charge is 0.274 e. The van der Waals surface area contributed by atoms with Crippen LogP contribution in [0.5, 0.6) is 0 Å². The Kier molecular flexibility index (Phi) is 7.54. The highest BCUT2D eigenvalue weighted by Crippen LogP contribution is 2.40. The van der Waals surface area contributed by atoms with Crippen LogP contribution in [0.1, 0.15) is 64.2 Å². The molecule has 1 atom stereocenters. The fourth-order valence-corrected chi connectivity index (χ4v) is 4.87. The first-order valence-electron chi connectivity index (χ1n) is 13.1. The molecule has 0 saturated heterocycles. The van der Waals surface area contributed by atoms with Crippen LogP contribution in [0.15, 0.2) is 66.9 Å². The van der Waals surface area contributed by atoms with E-state index in [0.717, 1.165) is 23.2 Å². The Labute approximate surface area is 226 Å². The maximum absolute atomic E-state index is 15.1. The summed E-state index contributed by atoms with van der Waals surface area (Å²) in [5.41, 5.74) is 15.8. The van der Waals surface area contributed by atoms with Gasteiger partial charge in [-0.05, 0) is 84.8 Å². The second-order valence-electron chi connectivity index (χ2n) is 10.2. The molecule has 0 spiro atoms. The average Bonchev–Trinajstić information content (AvgIpc) is 3.68. The van der Waals surface area contributed by atoms with Gasteiger partial charge in [-0.15, -0.1) is 0 Å². The molecule has 1 aliphatic rings. The molecule has 202 valence electrons. The number of hydrogen-bond donors (Lipinski definition) is 3. The number of aryl methyl sites for hydroxylation is 1. The van der Waals surface area contributed by atoms with Crippen LogP contribution in [0.4, 0.5) is 14.5 Å². The number of nitrogens with one attached hydrogen (secondary N) is 1. The molecule has 2 aromatic heterocycles. The van der Waals surface area contributed by atoms with Gasteiger partial charge < -0.3 is 16.8 Å². The number of amides is 1. The third-order valence-electron chi connectivity index (χ3n) is 7.31. The first-order valence-corrected chi connectivity index (χ1v) is 13.1. The molecule has 1 fully saturated rings. The molecule has 1 saturated carbocycles. The average molecular weight is 531 g/mol. The summed E-state index contributed by atoms with van der Waals surface area (Å²) in [6.07, 6.45) is 5.73. The van der Waals surface area contributed by atoms with Crippen molar-refractivity contribution in [3.63, 3.8) is 0 Å². The summed E-state index contributed by atoms with van der Waals surface area (Å²) in [4.78, 5) is 17.7. The van der Waals surface area contributed by atoms with Gasteiger partial charge in [-0.1, -0.05) is 31.0 Å². The molecule has 4 aromatic rings. The van der Waals surface area contributed by atoms with E-state index >= 15 is 4.39 Å². The van der Waals surface area contributed by atoms with Crippen LogP contribution in [0.25, 0.3) is 5.69 Å². The fourth-order valence-electron chi connectivity index (χ4n) is 4.87. The van der Waals surface area contributed by atoms with Gasteiger partial charge in [0.25, 0.3) is 5.91 Å². The molecule has 1 unspecified atom stereocenters. The topological polar surface area (TPSA) is 112 Å². The number of rotatable bonds is 10. The fraction of sp³-hybridized carbons (Fsp3) is 0.300. The SMILES string of the molecule is Cc1cc(C(N)(CCC2CC2)c2ccc(F)c(NC(=O)c3cc(CF)nn3-c3cccc(CN)c3)c2)ccn1. The molecule has 9 heteroatoms. The summed E-state index contributed by atoms with van der Waals surface area (Å²) in [5.74, 6) is -0.584. The number of carbonyl (C=O) groups is 1. The monoisotopic (exact) mass is 530 g/mol. The minimum Gasteiger partial charge on any atom is -0.326 e. The summed E-state index contributed by atoms with van der Waals surface area (Å²) < 4.78 is 29.9. The summed E-state index contributed by atoms with van der Waals surface area (Å²) >= 11 is 0. The number of alkyl halides is 1. The number of nitrogens with zero attached hydrogens (tertiary/aromatic N) is 3. The van der Waals surface area contributed by atoms with E-state index in [1.165, 1.54) is 29.7 Å². The molecule has 0 bridgehead atoms. The van der Waals surface area contributed by atoms with Crippen LogP contribution in [0.3, 0.4) is 0 Å². The summed E-state index contributed by atoms with van der Waals surface area (Å²) in [6.45, 7) is 1.35. The van der Waals surface area contributed by atoms with E-state index in [-0.39, 0.29) is 17.1 Å². The van der Waals surface area contributed by atoms with Crippen molar-refractivity contribution in [3.8, 4) is 5.69 Å². The number of carbonyl (C=O) groups excluding carboxylic acids is 1. The predicted molar refractivity (Wildman–Crippen MR) is 147 cm³/mol. The first kappa shape index (κ1) is 26.6. The number of nitrogens with two attached hydrogens (primary N) is 2. The van der Waals surface area contributed by atoms with Gasteiger partial charge in [0, 0.05) is 18.4 Å². The summed E-state index contributed by atoms with van der Waals surface area (Å²) in [6, 6.07) is 16.9. The van der Waals surface area contributed by atoms with Crippen molar-refractivity contribution in [2.75, 3.05) is 5.32 Å². The first-order chi connectivity index (χ1) is 18.8. The minimum absolute atomic E-state index is 0.0187. The van der Waals surface area contributed by atoms with E-state index in [2.05, 4.69) is 15.4 Å². The van der Waals surface area contributed by atoms with Gasteiger partial charge in [-0.3, -0.25) is 9.78 Å². The maximum atomic E-state index is 15.1. The molecule has 0 aliphatic heterocycles. The molecule has 5 N–H and O–H groups in total. The van der Waals surface area contributed by atoms with E-state index in [1.807, 2.05) is 25.1 Å². The van der Waals surface area contributed by atoms with Crippen molar-refractivity contribution < 1.29 is 13.6 Å². The van der Waals surface area contributed by atoms with Crippen molar-refractivity contribution in [1.82, 2.24) is 14.8 Å². The molecule has 5 rings (SSSR count). The van der Waals surface area contributed by atoms with Crippen LogP contribution in [-0.2, 0) is 18.8 Å². The van der Waals surface area contributed by atoms with Gasteiger partial charge in [-0.2, -0.15) is 5.10 Å². The van der Waals surface area contributed by atoms with E-state index in [1.54, 1.807) is 36.5 Å². The van der Waals surface area contributed by atoms with Crippen molar-refractivity contribution in [3.05, 3.63) is 106 Å². The Morgan fingerprint density at radius 1 is 1.13 bits per heavy atom. The second-order valence-corrected chi connectivity index (χ2v) is 10.2. The van der Waals surface area contributed by atoms with Crippen LogP contribution in [-0.4, -0.2) is 20.7 Å². The van der Waals surface area contributed by atoms with Crippen LogP contribution in [0, 0.1) is 18.7 Å². The number of aromatic nitrogens is 3. The van der Waals surface area contributed by atoms with Gasteiger partial charge in [-0.25, -0.2) is 13.5 Å². The number of halogens is 2. The van der Waals surface area contributed by atoms with Crippen LogP contribution >= 0.6 is 0 Å². The highest BCUT2D eigenvalue weighted by Gasteiger charge is 2.34. The van der Waals surface area contributed by atoms with Crippen molar-refractivity contribution in [2.24, 2.45) is 17.4 Å². The van der Waals surface area contributed by atoms with Crippen LogP contribution < -0.4 is 16.8 Å². The number of benzene rings is 2. The standard InChI is InChI=1S/C30H32F2N6O/c1-19-13-23(10-12-35-19)30(34,11-9-20-5-6-20)22-7-8-26(32)27(15-22)36-29(39)28-16-24(17-31)37-38(28)25-4-2-3-21(14-25)18-33/h2-4,7-8,10,12-16,20H,5-6,9,11,17-18,33-34H2,1H3,(H,36,39). The Bertz CT molecular complexity index is 1500. The largest absolute Gasteiger partial charge is 0.326 e. The quantitative estimate of drug-likeness (QED) is 0.258. The third kappa shape index (κ3) is 5.74. The van der Waals surface area contributed by atoms with E-state index in [0.29, 0.717) is 30.1 Å². The van der Waals surface area contributed by atoms with Crippen molar-refractivity contribution in [2.45, 2.75) is 51.4 Å². The Hall–Kier alpha value is -3.95. The van der Waals surface area contributed by atoms with Gasteiger partial charge in [0.05, 0.1) is 22.6 Å². The molecular weight excluding hydrogens is 498 g/mol. The van der Waals surface area contributed by atoms with E-state index < -0.39 is 23.9 Å². The van der Waals surface area contributed by atoms with Crippen molar-refractivity contribution >= 4 is 11.6 Å². The summed E-state index contributed by atoms with van der Waals surface area (Å²) in [7, 11) is 0. The van der Waals surface area contributed by atoms with Gasteiger partial charge in [0.1, 0.15) is 18.2 Å². The molecule has 1 aliphatic carbocycles. The summed E-state index contributed by atoms with van der Waals surface area (Å²) in [5, 5.41) is 6.90. The Morgan fingerprint density at radius 2 is 1.92 bits per heavy atom. The Balaban J connectivity index is 1.49. The highest BCUT2D eigenvalue weighted by atomic mass is 19.1. The highest BCUT2D eigenvalue weighted by molar-refractivity contribution is 6.03. The second kappa shape index (κ2) is 11.0. The molecule has 1 amide bonds. The predicted octanol–water partition coefficient (Wildman–Crippen LogP) is 5.29. The lowest BCUT2D eigenvalue weighted by Gasteiger charge is -2.32. The lowest BCUT2D eigenvalue weighted by Crippen LogP contribution is -2.38. The zero-order valence-electron chi connectivity index (χ0n) is 21.8. The lowest BCUT2D eigenvalue weighted by molar-refractivity contribution is 0.101. The molecule has 2 aromatic carbocycles. The van der Waals surface area contributed by atoms with E-state index in [9.17, 15) is 9.18 Å². The number of hydrogen-bond acceptors (Lipinski definition) is 5. The molecule has 39 heavy (non-hydrogen) atoms. The molecule has 7 nitrogen and oxygen atoms in total. The number of pyridine rings is 1. The maximum Gasteiger partial charge on any atom is 0.274 e. The Morgan fingerprint density at radius 3 is 2.64 bits per heavy atom. The third-order valence-corrected chi connectivity index (χ3v) is 7.31. The molecular formula is C30H32F2N6O. The minimum atomic E-state index is -0.894. The molecule has 2 heterocycles. The molecule has 0 radical (unpaired) electrons. The van der Waals surface area contributed by atoms with Gasteiger partial charge in [0.2, 0.25) is 0 Å². The van der Waals surface area contributed by atoms with E-state index in [4.69, 9.17) is 11.5 Å². The van der Waals surface area contributed by atoms with Gasteiger partial charge in [0.15, 0.2) is 0 Å². The van der Waals surface area contributed by atoms with Crippen LogP contribution in [0.2, 0.25) is 0 Å². The van der Waals surface area contributed by atoms with Gasteiger partial charge >= 0.3 is 0 Å².